The van der Waals surface area contributed by atoms with Crippen LogP contribution >= 0.6 is 11.6 Å². The monoisotopic (exact) mass is 213 g/mol. The van der Waals surface area contributed by atoms with Gasteiger partial charge in [0.15, 0.2) is 0 Å². The summed E-state index contributed by atoms with van der Waals surface area (Å²) in [4.78, 5) is 4.16. The Labute approximate surface area is 87.4 Å². The predicted octanol–water partition coefficient (Wildman–Crippen LogP) is 2.33. The third-order valence-corrected chi connectivity index (χ3v) is 3.35. The summed E-state index contributed by atoms with van der Waals surface area (Å²) in [6, 6.07) is 0. The molecule has 4 heteroatoms. The topological polar surface area (TPSA) is 35.3 Å². The lowest BCUT2D eigenvalue weighted by molar-refractivity contribution is 0.157. The van der Waals surface area contributed by atoms with Crippen molar-refractivity contribution in [1.82, 2.24) is 4.98 Å². The van der Waals surface area contributed by atoms with E-state index in [0.29, 0.717) is 23.6 Å². The van der Waals surface area contributed by atoms with Crippen molar-refractivity contribution in [2.45, 2.75) is 18.2 Å². The molecule has 0 amide bonds. The lowest BCUT2D eigenvalue weighted by Gasteiger charge is -1.99. The van der Waals surface area contributed by atoms with Gasteiger partial charge in [0.25, 0.3) is 0 Å². The molecule has 0 spiro atoms. The van der Waals surface area contributed by atoms with E-state index in [9.17, 15) is 0 Å². The zero-order chi connectivity index (χ0) is 9.71. The minimum atomic E-state index is -0.140. The van der Waals surface area contributed by atoms with E-state index in [0.717, 1.165) is 19.0 Å². The first-order chi connectivity index (χ1) is 6.77. The number of alkyl halides is 1. The van der Waals surface area contributed by atoms with E-state index in [1.54, 1.807) is 0 Å². The number of nitrogens with zero attached hydrogens (tertiary/aromatic N) is 1. The van der Waals surface area contributed by atoms with E-state index in [1.807, 2.05) is 13.1 Å². The van der Waals surface area contributed by atoms with Crippen LogP contribution in [0, 0.1) is 11.8 Å². The lowest BCUT2D eigenvalue weighted by atomic mass is 10.2. The van der Waals surface area contributed by atoms with Gasteiger partial charge in [-0.3, -0.25) is 0 Å². The van der Waals surface area contributed by atoms with Crippen LogP contribution in [0.1, 0.15) is 29.9 Å². The van der Waals surface area contributed by atoms with E-state index >= 15 is 0 Å². The Morgan fingerprint density at radius 3 is 2.79 bits per heavy atom. The fraction of sp³-hybridized carbons (Fsp3) is 0.700. The molecule has 0 bridgehead atoms. The molecule has 3 nitrogen and oxygen atoms in total. The molecule has 1 aliphatic carbocycles. The van der Waals surface area contributed by atoms with Crippen LogP contribution in [0.15, 0.2) is 10.6 Å². The van der Waals surface area contributed by atoms with E-state index < -0.39 is 0 Å². The standard InChI is InChI=1S/C10H12ClNO2/c1-5(11)10-12-2-8(14-10)9-6-3-13-4-7(6)9/h2,5-7,9H,3-4H2,1H3. The van der Waals surface area contributed by atoms with E-state index in [-0.39, 0.29) is 5.38 Å². The molecule has 2 fully saturated rings. The Morgan fingerprint density at radius 1 is 1.50 bits per heavy atom. The van der Waals surface area contributed by atoms with Crippen molar-refractivity contribution in [2.75, 3.05) is 13.2 Å². The van der Waals surface area contributed by atoms with Gasteiger partial charge < -0.3 is 9.15 Å². The summed E-state index contributed by atoms with van der Waals surface area (Å²) in [6.45, 7) is 3.62. The molecule has 3 unspecified atom stereocenters. The fourth-order valence-corrected chi connectivity index (χ4v) is 2.40. The van der Waals surface area contributed by atoms with Gasteiger partial charge in [-0.1, -0.05) is 0 Å². The molecule has 1 aromatic rings. The van der Waals surface area contributed by atoms with Crippen LogP contribution < -0.4 is 0 Å². The van der Waals surface area contributed by atoms with Gasteiger partial charge in [-0.15, -0.1) is 11.6 Å². The summed E-state index contributed by atoms with van der Waals surface area (Å²) in [5, 5.41) is -0.140. The number of oxazole rings is 1. The van der Waals surface area contributed by atoms with Crippen LogP contribution in [-0.4, -0.2) is 18.2 Å². The highest BCUT2D eigenvalue weighted by atomic mass is 35.5. The first kappa shape index (κ1) is 8.74. The van der Waals surface area contributed by atoms with E-state index in [2.05, 4.69) is 4.98 Å². The second kappa shape index (κ2) is 2.97. The van der Waals surface area contributed by atoms with Gasteiger partial charge in [0.2, 0.25) is 5.89 Å². The normalized spacial score (nSPS) is 36.9. The molecule has 2 aliphatic rings. The fourth-order valence-electron chi connectivity index (χ4n) is 2.30. The van der Waals surface area contributed by atoms with Crippen LogP contribution in [-0.2, 0) is 4.74 Å². The number of halogens is 1. The number of hydrogen-bond acceptors (Lipinski definition) is 3. The Morgan fingerprint density at radius 2 is 2.21 bits per heavy atom. The van der Waals surface area contributed by atoms with Gasteiger partial charge in [0.05, 0.1) is 19.4 Å². The Bertz CT molecular complexity index is 340. The summed E-state index contributed by atoms with van der Waals surface area (Å²) in [6.07, 6.45) is 1.82. The van der Waals surface area contributed by atoms with Crippen LogP contribution in [0.5, 0.6) is 0 Å². The van der Waals surface area contributed by atoms with Gasteiger partial charge in [0.1, 0.15) is 11.1 Å². The number of fused-ring (bicyclic) bond motifs is 1. The average molecular weight is 214 g/mol. The van der Waals surface area contributed by atoms with Crippen LogP contribution in [0.2, 0.25) is 0 Å². The number of rotatable bonds is 2. The maximum absolute atomic E-state index is 5.88. The van der Waals surface area contributed by atoms with Crippen molar-refractivity contribution in [3.05, 3.63) is 17.8 Å². The largest absolute Gasteiger partial charge is 0.444 e. The minimum absolute atomic E-state index is 0.140. The molecule has 76 valence electrons. The molecular formula is C10H12ClNO2. The Hall–Kier alpha value is -0.540. The number of hydrogen-bond donors (Lipinski definition) is 0. The molecule has 14 heavy (non-hydrogen) atoms. The molecular weight excluding hydrogens is 202 g/mol. The summed E-state index contributed by atoms with van der Waals surface area (Å²) in [7, 11) is 0. The highest BCUT2D eigenvalue weighted by Gasteiger charge is 2.56. The van der Waals surface area contributed by atoms with Crippen molar-refractivity contribution in [3.63, 3.8) is 0 Å². The van der Waals surface area contributed by atoms with Crippen LogP contribution in [0.25, 0.3) is 0 Å². The van der Waals surface area contributed by atoms with Crippen molar-refractivity contribution < 1.29 is 9.15 Å². The van der Waals surface area contributed by atoms with E-state index in [4.69, 9.17) is 20.8 Å². The third kappa shape index (κ3) is 1.19. The molecule has 0 radical (unpaired) electrons. The van der Waals surface area contributed by atoms with Crippen molar-refractivity contribution in [2.24, 2.45) is 11.8 Å². The maximum atomic E-state index is 5.88. The smallest absolute Gasteiger partial charge is 0.212 e. The quantitative estimate of drug-likeness (QED) is 0.708. The van der Waals surface area contributed by atoms with E-state index in [1.165, 1.54) is 0 Å². The third-order valence-electron chi connectivity index (χ3n) is 3.16. The lowest BCUT2D eigenvalue weighted by Crippen LogP contribution is -1.95. The first-order valence-corrected chi connectivity index (χ1v) is 5.38. The van der Waals surface area contributed by atoms with Gasteiger partial charge in [-0.25, -0.2) is 4.98 Å². The second-order valence-corrected chi connectivity index (χ2v) is 4.76. The van der Waals surface area contributed by atoms with Crippen molar-refractivity contribution >= 4 is 11.6 Å². The molecule has 1 saturated carbocycles. The van der Waals surface area contributed by atoms with Crippen molar-refractivity contribution in [1.29, 1.82) is 0 Å². The highest BCUT2D eigenvalue weighted by Crippen LogP contribution is 2.57. The highest BCUT2D eigenvalue weighted by molar-refractivity contribution is 6.20. The van der Waals surface area contributed by atoms with Gasteiger partial charge in [0, 0.05) is 5.92 Å². The molecule has 3 rings (SSSR count). The minimum Gasteiger partial charge on any atom is -0.444 e. The summed E-state index contributed by atoms with van der Waals surface area (Å²) < 4.78 is 10.9. The van der Waals surface area contributed by atoms with Crippen molar-refractivity contribution in [3.8, 4) is 0 Å². The average Bonchev–Trinajstić information content (AvgIpc) is 2.63. The Balaban J connectivity index is 1.78. The molecule has 1 saturated heterocycles. The zero-order valence-electron chi connectivity index (χ0n) is 7.94. The molecule has 0 N–H and O–H groups in total. The van der Waals surface area contributed by atoms with Gasteiger partial charge in [-0.2, -0.15) is 0 Å². The predicted molar refractivity (Wildman–Crippen MR) is 51.3 cm³/mol. The molecule has 2 heterocycles. The van der Waals surface area contributed by atoms with Gasteiger partial charge in [-0.05, 0) is 18.8 Å². The van der Waals surface area contributed by atoms with Crippen LogP contribution in [0.4, 0.5) is 0 Å². The molecule has 1 aliphatic heterocycles. The maximum Gasteiger partial charge on any atom is 0.212 e. The SMILES string of the molecule is CC(Cl)c1ncc(C2C3COCC32)o1. The summed E-state index contributed by atoms with van der Waals surface area (Å²) in [5.74, 6) is 3.50. The first-order valence-electron chi connectivity index (χ1n) is 4.95. The number of ether oxygens (including phenoxy) is 1. The second-order valence-electron chi connectivity index (χ2n) is 4.11. The summed E-state index contributed by atoms with van der Waals surface area (Å²) in [5.41, 5.74) is 0. The molecule has 0 aromatic carbocycles. The van der Waals surface area contributed by atoms with Gasteiger partial charge >= 0.3 is 0 Å². The van der Waals surface area contributed by atoms with Crippen LogP contribution in [0.3, 0.4) is 0 Å². The number of aromatic nitrogens is 1. The molecule has 3 atom stereocenters. The zero-order valence-corrected chi connectivity index (χ0v) is 8.70. The summed E-state index contributed by atoms with van der Waals surface area (Å²) >= 11 is 5.88. The molecule has 1 aromatic heterocycles. The Kier molecular flexibility index (Phi) is 1.86.